The molecule has 1 saturated heterocycles. The lowest BCUT2D eigenvalue weighted by molar-refractivity contribution is -0.385. The van der Waals surface area contributed by atoms with E-state index in [-0.39, 0.29) is 23.8 Å². The van der Waals surface area contributed by atoms with Gasteiger partial charge in [0.1, 0.15) is 0 Å². The van der Waals surface area contributed by atoms with Crippen molar-refractivity contribution >= 4 is 17.3 Å². The lowest BCUT2D eigenvalue weighted by Crippen LogP contribution is -2.51. The SMILES string of the molecule is O=C1CN(c2ccc([N+](=O)[O-])cc2F)CCN1CC1CCCC1. The molecular weight excluding hydrogens is 301 g/mol. The molecule has 1 saturated carbocycles. The first-order chi connectivity index (χ1) is 11.0. The molecule has 2 aliphatic rings. The van der Waals surface area contributed by atoms with Gasteiger partial charge >= 0.3 is 0 Å². The number of hydrogen-bond donors (Lipinski definition) is 0. The molecule has 1 amide bonds. The van der Waals surface area contributed by atoms with Crippen LogP contribution in [0.15, 0.2) is 18.2 Å². The number of carbonyl (C=O) groups is 1. The summed E-state index contributed by atoms with van der Waals surface area (Å²) in [5.74, 6) is -0.0567. The highest BCUT2D eigenvalue weighted by Crippen LogP contribution is 2.28. The molecule has 7 heteroatoms. The number of non-ortho nitro benzene ring substituents is 1. The molecule has 0 unspecified atom stereocenters. The molecule has 1 aromatic rings. The predicted octanol–water partition coefficient (Wildman–Crippen LogP) is 2.57. The Hall–Kier alpha value is -2.18. The largest absolute Gasteiger partial charge is 0.358 e. The van der Waals surface area contributed by atoms with E-state index in [4.69, 9.17) is 0 Å². The smallest absolute Gasteiger partial charge is 0.272 e. The summed E-state index contributed by atoms with van der Waals surface area (Å²) < 4.78 is 14.1. The third kappa shape index (κ3) is 3.43. The number of anilines is 1. The van der Waals surface area contributed by atoms with Crippen molar-refractivity contribution in [1.29, 1.82) is 0 Å². The average molecular weight is 321 g/mol. The van der Waals surface area contributed by atoms with Crippen LogP contribution in [0.3, 0.4) is 0 Å². The van der Waals surface area contributed by atoms with E-state index in [0.29, 0.717) is 19.0 Å². The molecular formula is C16H20FN3O3. The number of amides is 1. The number of piperazine rings is 1. The van der Waals surface area contributed by atoms with Gasteiger partial charge in [-0.05, 0) is 24.8 Å². The second kappa shape index (κ2) is 6.52. The van der Waals surface area contributed by atoms with Gasteiger partial charge in [0, 0.05) is 25.7 Å². The fourth-order valence-corrected chi connectivity index (χ4v) is 3.48. The van der Waals surface area contributed by atoms with E-state index in [9.17, 15) is 19.3 Å². The van der Waals surface area contributed by atoms with E-state index in [1.54, 1.807) is 4.90 Å². The highest BCUT2D eigenvalue weighted by molar-refractivity contribution is 5.83. The maximum absolute atomic E-state index is 14.1. The maximum atomic E-state index is 14.1. The Bertz CT molecular complexity index is 617. The number of halogens is 1. The van der Waals surface area contributed by atoms with Gasteiger partial charge in [0.15, 0.2) is 5.82 Å². The van der Waals surface area contributed by atoms with Crippen LogP contribution in [-0.2, 0) is 4.79 Å². The molecule has 0 N–H and O–H groups in total. The average Bonchev–Trinajstić information content (AvgIpc) is 3.02. The molecule has 6 nitrogen and oxygen atoms in total. The van der Waals surface area contributed by atoms with E-state index >= 15 is 0 Å². The molecule has 1 aromatic carbocycles. The normalized spacial score (nSPS) is 19.4. The molecule has 0 radical (unpaired) electrons. The summed E-state index contributed by atoms with van der Waals surface area (Å²) >= 11 is 0. The first-order valence-electron chi connectivity index (χ1n) is 8.01. The molecule has 3 rings (SSSR count). The fourth-order valence-electron chi connectivity index (χ4n) is 3.48. The first-order valence-corrected chi connectivity index (χ1v) is 8.01. The number of carbonyl (C=O) groups excluding carboxylic acids is 1. The summed E-state index contributed by atoms with van der Waals surface area (Å²) in [5, 5.41) is 10.7. The Labute approximate surface area is 134 Å². The van der Waals surface area contributed by atoms with Crippen LogP contribution in [0.25, 0.3) is 0 Å². The fraction of sp³-hybridized carbons (Fsp3) is 0.562. The van der Waals surface area contributed by atoms with Crippen molar-refractivity contribution < 1.29 is 14.1 Å². The van der Waals surface area contributed by atoms with E-state index in [0.717, 1.165) is 12.6 Å². The summed E-state index contributed by atoms with van der Waals surface area (Å²) in [6, 6.07) is 3.56. The van der Waals surface area contributed by atoms with E-state index < -0.39 is 10.7 Å². The Morgan fingerprint density at radius 3 is 2.61 bits per heavy atom. The van der Waals surface area contributed by atoms with E-state index in [2.05, 4.69) is 0 Å². The van der Waals surface area contributed by atoms with E-state index in [1.165, 1.54) is 37.8 Å². The van der Waals surface area contributed by atoms with Gasteiger partial charge in [-0.15, -0.1) is 0 Å². The van der Waals surface area contributed by atoms with Crippen LogP contribution in [0, 0.1) is 21.8 Å². The van der Waals surface area contributed by atoms with Gasteiger partial charge in [-0.1, -0.05) is 12.8 Å². The molecule has 23 heavy (non-hydrogen) atoms. The lowest BCUT2D eigenvalue weighted by Gasteiger charge is -2.36. The van der Waals surface area contributed by atoms with Crippen LogP contribution in [0.1, 0.15) is 25.7 Å². The van der Waals surface area contributed by atoms with Crippen molar-refractivity contribution in [3.63, 3.8) is 0 Å². The Morgan fingerprint density at radius 1 is 1.26 bits per heavy atom. The minimum atomic E-state index is -0.656. The number of benzene rings is 1. The zero-order valence-corrected chi connectivity index (χ0v) is 12.9. The second-order valence-corrected chi connectivity index (χ2v) is 6.30. The molecule has 1 aliphatic carbocycles. The number of nitrogens with zero attached hydrogens (tertiary/aromatic N) is 3. The van der Waals surface area contributed by atoms with Gasteiger partial charge in [0.05, 0.1) is 23.2 Å². The molecule has 1 heterocycles. The van der Waals surface area contributed by atoms with E-state index in [1.807, 2.05) is 4.90 Å². The predicted molar refractivity (Wildman–Crippen MR) is 83.8 cm³/mol. The number of rotatable bonds is 4. The molecule has 124 valence electrons. The number of hydrogen-bond acceptors (Lipinski definition) is 4. The summed E-state index contributed by atoms with van der Waals surface area (Å²) in [6.45, 7) is 2.05. The lowest BCUT2D eigenvalue weighted by atomic mass is 10.1. The number of nitro groups is 1. The first kappa shape index (κ1) is 15.7. The van der Waals surface area contributed by atoms with Crippen molar-refractivity contribution in [1.82, 2.24) is 4.90 Å². The summed E-state index contributed by atoms with van der Waals surface area (Å²) in [6.07, 6.45) is 4.86. The third-order valence-electron chi connectivity index (χ3n) is 4.75. The van der Waals surface area contributed by atoms with Crippen LogP contribution in [0.2, 0.25) is 0 Å². The molecule has 0 spiro atoms. The summed E-state index contributed by atoms with van der Waals surface area (Å²) in [5.41, 5.74) is -0.0260. The maximum Gasteiger partial charge on any atom is 0.272 e. The summed E-state index contributed by atoms with van der Waals surface area (Å²) in [7, 11) is 0. The molecule has 1 aliphatic heterocycles. The second-order valence-electron chi connectivity index (χ2n) is 6.30. The Balaban J connectivity index is 1.65. The van der Waals surface area contributed by atoms with Crippen LogP contribution < -0.4 is 4.90 Å². The quantitative estimate of drug-likeness (QED) is 0.631. The molecule has 0 bridgehead atoms. The van der Waals surface area contributed by atoms with Gasteiger partial charge in [-0.25, -0.2) is 4.39 Å². The van der Waals surface area contributed by atoms with Gasteiger partial charge in [-0.2, -0.15) is 0 Å². The highest BCUT2D eigenvalue weighted by Gasteiger charge is 2.28. The zero-order chi connectivity index (χ0) is 16.4. The minimum absolute atomic E-state index is 0.000836. The topological polar surface area (TPSA) is 66.7 Å². The Morgan fingerprint density at radius 2 is 2.00 bits per heavy atom. The van der Waals surface area contributed by atoms with Crippen molar-refractivity contribution in [2.45, 2.75) is 25.7 Å². The minimum Gasteiger partial charge on any atom is -0.358 e. The zero-order valence-electron chi connectivity index (χ0n) is 12.9. The van der Waals surface area contributed by atoms with Gasteiger partial charge in [-0.3, -0.25) is 14.9 Å². The van der Waals surface area contributed by atoms with Crippen molar-refractivity contribution in [3.8, 4) is 0 Å². The molecule has 0 aromatic heterocycles. The highest BCUT2D eigenvalue weighted by atomic mass is 19.1. The summed E-state index contributed by atoms with van der Waals surface area (Å²) in [4.78, 5) is 25.9. The van der Waals surface area contributed by atoms with Crippen LogP contribution in [0.4, 0.5) is 15.8 Å². The monoisotopic (exact) mass is 321 g/mol. The van der Waals surface area contributed by atoms with Crippen molar-refractivity contribution in [2.24, 2.45) is 5.92 Å². The van der Waals surface area contributed by atoms with Gasteiger partial charge in [0.25, 0.3) is 5.69 Å². The van der Waals surface area contributed by atoms with Gasteiger partial charge in [0.2, 0.25) is 5.91 Å². The van der Waals surface area contributed by atoms with Gasteiger partial charge < -0.3 is 9.80 Å². The molecule has 0 atom stereocenters. The Kier molecular flexibility index (Phi) is 4.45. The standard InChI is InChI=1S/C16H20FN3O3/c17-14-9-13(20(22)23)5-6-15(14)18-7-8-19(16(21)11-18)10-12-3-1-2-4-12/h5-6,9,12H,1-4,7-8,10-11H2. The van der Waals surface area contributed by atoms with Crippen LogP contribution in [-0.4, -0.2) is 41.9 Å². The van der Waals surface area contributed by atoms with Crippen LogP contribution in [0.5, 0.6) is 0 Å². The van der Waals surface area contributed by atoms with Crippen molar-refractivity contribution in [2.75, 3.05) is 31.1 Å². The molecule has 2 fully saturated rings. The van der Waals surface area contributed by atoms with Crippen LogP contribution >= 0.6 is 0 Å². The third-order valence-corrected chi connectivity index (χ3v) is 4.75. The number of nitro benzene ring substituents is 1. The van der Waals surface area contributed by atoms with Crippen molar-refractivity contribution in [3.05, 3.63) is 34.1 Å².